The first-order valence-corrected chi connectivity index (χ1v) is 5.21. The van der Waals surface area contributed by atoms with Gasteiger partial charge in [0.2, 0.25) is 0 Å². The normalized spacial score (nSPS) is 17.7. The Kier molecular flexibility index (Phi) is 3.11. The predicted molar refractivity (Wildman–Crippen MR) is 56.2 cm³/mol. The van der Waals surface area contributed by atoms with Crippen molar-refractivity contribution in [2.75, 3.05) is 18.4 Å². The van der Waals surface area contributed by atoms with Crippen LogP contribution in [0.15, 0.2) is 6.33 Å². The van der Waals surface area contributed by atoms with Crippen molar-refractivity contribution in [2.24, 2.45) is 0 Å². The smallest absolute Gasteiger partial charge is 0.186 e. The summed E-state index contributed by atoms with van der Waals surface area (Å²) in [5, 5.41) is 6.38. The van der Waals surface area contributed by atoms with Crippen molar-refractivity contribution in [2.45, 2.75) is 25.8 Å². The van der Waals surface area contributed by atoms with Gasteiger partial charge in [0.1, 0.15) is 6.33 Å². The van der Waals surface area contributed by atoms with Crippen LogP contribution >= 0.6 is 0 Å². The Balaban J connectivity index is 2.06. The predicted octanol–water partition coefficient (Wildman–Crippen LogP) is 1.09. The Hall–Kier alpha value is -1.23. The molecule has 0 amide bonds. The van der Waals surface area contributed by atoms with Crippen molar-refractivity contribution in [3.63, 3.8) is 0 Å². The summed E-state index contributed by atoms with van der Waals surface area (Å²) >= 11 is 0. The molecule has 2 heterocycles. The van der Waals surface area contributed by atoms with Crippen LogP contribution in [-0.4, -0.2) is 29.1 Å². The van der Waals surface area contributed by atoms with E-state index in [1.807, 2.05) is 0 Å². The Morgan fingerprint density at radius 2 is 2.13 bits per heavy atom. The van der Waals surface area contributed by atoms with E-state index in [0.717, 1.165) is 25.9 Å². The zero-order valence-corrected chi connectivity index (χ0v) is 8.76. The summed E-state index contributed by atoms with van der Waals surface area (Å²) in [5.74, 6) is -0.00886. The van der Waals surface area contributed by atoms with Crippen LogP contribution in [0, 0.1) is 12.7 Å². The van der Waals surface area contributed by atoms with Gasteiger partial charge in [0.25, 0.3) is 0 Å². The lowest BCUT2D eigenvalue weighted by Gasteiger charge is -2.24. The maximum Gasteiger partial charge on any atom is 0.186 e. The Morgan fingerprint density at radius 1 is 1.40 bits per heavy atom. The Morgan fingerprint density at radius 3 is 2.87 bits per heavy atom. The topological polar surface area (TPSA) is 49.8 Å². The summed E-state index contributed by atoms with van der Waals surface area (Å²) in [4.78, 5) is 7.71. The fourth-order valence-corrected chi connectivity index (χ4v) is 1.72. The monoisotopic (exact) mass is 210 g/mol. The Labute approximate surface area is 88.3 Å². The summed E-state index contributed by atoms with van der Waals surface area (Å²) in [6, 6.07) is 0.315. The molecule has 1 aliphatic heterocycles. The molecule has 4 nitrogen and oxygen atoms in total. The van der Waals surface area contributed by atoms with Crippen molar-refractivity contribution in [1.82, 2.24) is 15.3 Å². The maximum absolute atomic E-state index is 13.6. The zero-order valence-electron chi connectivity index (χ0n) is 8.76. The standard InChI is InChI=1S/C10H15FN4/c1-7-9(11)10(14-6-13-7)15-8-2-4-12-5-3-8/h6,8,12H,2-5H2,1H3,(H,13,14,15). The molecule has 0 radical (unpaired) electrons. The first-order chi connectivity index (χ1) is 7.27. The quantitative estimate of drug-likeness (QED) is 0.767. The van der Waals surface area contributed by atoms with E-state index in [4.69, 9.17) is 0 Å². The zero-order chi connectivity index (χ0) is 10.7. The molecule has 2 rings (SSSR count). The third-order valence-corrected chi connectivity index (χ3v) is 2.64. The second-order valence-electron chi connectivity index (χ2n) is 3.79. The molecule has 0 bridgehead atoms. The second-order valence-corrected chi connectivity index (χ2v) is 3.79. The van der Waals surface area contributed by atoms with Crippen LogP contribution in [0.3, 0.4) is 0 Å². The van der Waals surface area contributed by atoms with Gasteiger partial charge in [-0.25, -0.2) is 14.4 Å². The summed E-state index contributed by atoms with van der Waals surface area (Å²) < 4.78 is 13.6. The van der Waals surface area contributed by atoms with E-state index in [9.17, 15) is 4.39 Å². The van der Waals surface area contributed by atoms with E-state index in [0.29, 0.717) is 17.6 Å². The van der Waals surface area contributed by atoms with E-state index in [-0.39, 0.29) is 5.82 Å². The molecule has 1 aromatic rings. The summed E-state index contributed by atoms with van der Waals surface area (Å²) in [6.07, 6.45) is 3.40. The lowest BCUT2D eigenvalue weighted by molar-refractivity contribution is 0.474. The van der Waals surface area contributed by atoms with Crippen molar-refractivity contribution < 1.29 is 4.39 Å². The highest BCUT2D eigenvalue weighted by Crippen LogP contribution is 2.15. The highest BCUT2D eigenvalue weighted by molar-refractivity contribution is 5.38. The number of halogens is 1. The lowest BCUT2D eigenvalue weighted by Crippen LogP contribution is -2.35. The van der Waals surface area contributed by atoms with Gasteiger partial charge in [-0.05, 0) is 32.9 Å². The van der Waals surface area contributed by atoms with Gasteiger partial charge in [-0.15, -0.1) is 0 Å². The molecule has 0 aliphatic carbocycles. The first-order valence-electron chi connectivity index (χ1n) is 5.21. The molecule has 0 unspecified atom stereocenters. The van der Waals surface area contributed by atoms with Crippen LogP contribution < -0.4 is 10.6 Å². The molecule has 0 spiro atoms. The van der Waals surface area contributed by atoms with E-state index in [2.05, 4.69) is 20.6 Å². The lowest BCUT2D eigenvalue weighted by atomic mass is 10.1. The van der Waals surface area contributed by atoms with Gasteiger partial charge in [-0.1, -0.05) is 0 Å². The number of nitrogens with one attached hydrogen (secondary N) is 2. The maximum atomic E-state index is 13.6. The molecule has 1 fully saturated rings. The molecular formula is C10H15FN4. The molecule has 1 aromatic heterocycles. The highest BCUT2D eigenvalue weighted by atomic mass is 19.1. The molecular weight excluding hydrogens is 195 g/mol. The molecule has 5 heteroatoms. The number of anilines is 1. The van der Waals surface area contributed by atoms with E-state index in [1.165, 1.54) is 6.33 Å². The van der Waals surface area contributed by atoms with Gasteiger partial charge in [0.15, 0.2) is 11.6 Å². The average Bonchev–Trinajstić information content (AvgIpc) is 2.26. The van der Waals surface area contributed by atoms with E-state index < -0.39 is 0 Å². The molecule has 15 heavy (non-hydrogen) atoms. The second kappa shape index (κ2) is 4.53. The number of aromatic nitrogens is 2. The number of hydrogen-bond acceptors (Lipinski definition) is 4. The van der Waals surface area contributed by atoms with E-state index in [1.54, 1.807) is 6.92 Å². The molecule has 0 saturated carbocycles. The summed E-state index contributed by atoms with van der Waals surface area (Å²) in [5.41, 5.74) is 0.390. The van der Waals surface area contributed by atoms with Crippen LogP contribution in [0.25, 0.3) is 0 Å². The van der Waals surface area contributed by atoms with Crippen LogP contribution in [-0.2, 0) is 0 Å². The van der Waals surface area contributed by atoms with Crippen LogP contribution in [0.5, 0.6) is 0 Å². The number of hydrogen-bond donors (Lipinski definition) is 2. The molecule has 0 aromatic carbocycles. The number of aryl methyl sites for hydroxylation is 1. The molecule has 0 atom stereocenters. The first kappa shape index (κ1) is 10.3. The minimum Gasteiger partial charge on any atom is -0.365 e. The largest absolute Gasteiger partial charge is 0.365 e. The van der Waals surface area contributed by atoms with Crippen molar-refractivity contribution in [1.29, 1.82) is 0 Å². The van der Waals surface area contributed by atoms with Crippen molar-refractivity contribution in [3.8, 4) is 0 Å². The van der Waals surface area contributed by atoms with Gasteiger partial charge in [0, 0.05) is 6.04 Å². The van der Waals surface area contributed by atoms with E-state index >= 15 is 0 Å². The SMILES string of the molecule is Cc1ncnc(NC2CCNCC2)c1F. The molecule has 82 valence electrons. The van der Waals surface area contributed by atoms with Gasteiger partial charge in [-0.2, -0.15) is 0 Å². The van der Waals surface area contributed by atoms with Gasteiger partial charge in [-0.3, -0.25) is 0 Å². The number of piperidine rings is 1. The van der Waals surface area contributed by atoms with Crippen LogP contribution in [0.2, 0.25) is 0 Å². The average molecular weight is 210 g/mol. The van der Waals surface area contributed by atoms with Crippen LogP contribution in [0.4, 0.5) is 10.2 Å². The summed E-state index contributed by atoms with van der Waals surface area (Å²) in [6.45, 7) is 3.59. The van der Waals surface area contributed by atoms with Crippen molar-refractivity contribution >= 4 is 5.82 Å². The fraction of sp³-hybridized carbons (Fsp3) is 0.600. The van der Waals surface area contributed by atoms with Gasteiger partial charge >= 0.3 is 0 Å². The number of nitrogens with zero attached hydrogens (tertiary/aromatic N) is 2. The molecule has 1 aliphatic rings. The highest BCUT2D eigenvalue weighted by Gasteiger charge is 2.15. The minimum absolute atomic E-state index is 0.315. The van der Waals surface area contributed by atoms with Crippen molar-refractivity contribution in [3.05, 3.63) is 17.8 Å². The van der Waals surface area contributed by atoms with Gasteiger partial charge in [0.05, 0.1) is 5.69 Å². The third-order valence-electron chi connectivity index (χ3n) is 2.64. The molecule has 1 saturated heterocycles. The fourth-order valence-electron chi connectivity index (χ4n) is 1.72. The molecule has 2 N–H and O–H groups in total. The minimum atomic E-state index is -0.337. The summed E-state index contributed by atoms with van der Waals surface area (Å²) in [7, 11) is 0. The van der Waals surface area contributed by atoms with Crippen LogP contribution in [0.1, 0.15) is 18.5 Å². The Bertz CT molecular complexity index is 336. The van der Waals surface area contributed by atoms with Gasteiger partial charge < -0.3 is 10.6 Å². The number of rotatable bonds is 2. The third kappa shape index (κ3) is 2.41.